The summed E-state index contributed by atoms with van der Waals surface area (Å²) in [6, 6.07) is 5.91. The first-order chi connectivity index (χ1) is 9.81. The molecule has 2 N–H and O–H groups in total. The number of hydrogen-bond acceptors (Lipinski definition) is 4. The van der Waals surface area contributed by atoms with Gasteiger partial charge in [0.15, 0.2) is 0 Å². The quantitative estimate of drug-likeness (QED) is 0.881. The first-order valence-electron chi connectivity index (χ1n) is 6.18. The van der Waals surface area contributed by atoms with Crippen molar-refractivity contribution in [2.75, 3.05) is 0 Å². The van der Waals surface area contributed by atoms with Crippen molar-refractivity contribution in [3.63, 3.8) is 0 Å². The Morgan fingerprint density at radius 1 is 1.33 bits per heavy atom. The third-order valence-electron chi connectivity index (χ3n) is 3.17. The predicted octanol–water partition coefficient (Wildman–Crippen LogP) is 2.07. The van der Waals surface area contributed by atoms with Crippen LogP contribution in [0.2, 0.25) is 0 Å². The lowest BCUT2D eigenvalue weighted by Crippen LogP contribution is -2.24. The number of aromatic carboxylic acids is 1. The van der Waals surface area contributed by atoms with Gasteiger partial charge in [0.25, 0.3) is 0 Å². The van der Waals surface area contributed by atoms with Crippen LogP contribution in [0.15, 0.2) is 39.8 Å². The highest BCUT2D eigenvalue weighted by atomic mass is 32.2. The van der Waals surface area contributed by atoms with Crippen molar-refractivity contribution in [3.8, 4) is 0 Å². The van der Waals surface area contributed by atoms with Gasteiger partial charge in [-0.3, -0.25) is 0 Å². The number of carbonyl (C=O) groups is 1. The van der Waals surface area contributed by atoms with Gasteiger partial charge in [0.1, 0.15) is 5.76 Å². The fourth-order valence-corrected chi connectivity index (χ4v) is 3.22. The van der Waals surface area contributed by atoms with E-state index in [1.54, 1.807) is 26.0 Å². The molecule has 112 valence electrons. The van der Waals surface area contributed by atoms with Crippen LogP contribution in [0.4, 0.5) is 0 Å². The third kappa shape index (κ3) is 3.32. The number of benzene rings is 1. The molecule has 1 aromatic carbocycles. The zero-order chi connectivity index (χ0) is 15.6. The molecule has 2 rings (SSSR count). The van der Waals surface area contributed by atoms with Gasteiger partial charge in [-0.25, -0.2) is 17.9 Å². The van der Waals surface area contributed by atoms with E-state index in [0.29, 0.717) is 16.9 Å². The molecule has 0 atom stereocenters. The second-order valence-corrected chi connectivity index (χ2v) is 6.36. The Kier molecular flexibility index (Phi) is 4.15. The highest BCUT2D eigenvalue weighted by Gasteiger charge is 2.20. The van der Waals surface area contributed by atoms with Crippen LogP contribution in [0.25, 0.3) is 0 Å². The molecule has 1 heterocycles. The summed E-state index contributed by atoms with van der Waals surface area (Å²) in [5.41, 5.74) is 1.07. The number of carboxylic acid groups (broad SMARTS) is 1. The fraction of sp³-hybridized carbons (Fsp3) is 0.214. The molecule has 0 fully saturated rings. The summed E-state index contributed by atoms with van der Waals surface area (Å²) < 4.78 is 32.1. The lowest BCUT2D eigenvalue weighted by Gasteiger charge is -2.12. The number of carboxylic acids is 1. The summed E-state index contributed by atoms with van der Waals surface area (Å²) in [6.45, 7) is 3.32. The Bertz CT molecular complexity index is 763. The van der Waals surface area contributed by atoms with Gasteiger partial charge >= 0.3 is 5.97 Å². The monoisotopic (exact) mass is 309 g/mol. The molecule has 6 nitrogen and oxygen atoms in total. The highest BCUT2D eigenvalue weighted by Crippen LogP contribution is 2.21. The SMILES string of the molecule is Cc1cc(C(=O)O)cc(S(=O)(=O)NCc2ccco2)c1C. The van der Waals surface area contributed by atoms with Crippen molar-refractivity contribution in [3.05, 3.63) is 53.0 Å². The van der Waals surface area contributed by atoms with Gasteiger partial charge in [0.05, 0.1) is 23.3 Å². The van der Waals surface area contributed by atoms with Crippen LogP contribution in [0.1, 0.15) is 27.2 Å². The summed E-state index contributed by atoms with van der Waals surface area (Å²) >= 11 is 0. The zero-order valence-electron chi connectivity index (χ0n) is 11.6. The van der Waals surface area contributed by atoms with E-state index in [1.165, 1.54) is 12.3 Å². The number of nitrogens with one attached hydrogen (secondary N) is 1. The lowest BCUT2D eigenvalue weighted by molar-refractivity contribution is 0.0696. The van der Waals surface area contributed by atoms with Crippen LogP contribution in [-0.2, 0) is 16.6 Å². The second-order valence-electron chi connectivity index (χ2n) is 4.63. The number of hydrogen-bond donors (Lipinski definition) is 2. The van der Waals surface area contributed by atoms with Crippen molar-refractivity contribution in [2.45, 2.75) is 25.3 Å². The van der Waals surface area contributed by atoms with Crippen LogP contribution in [0.5, 0.6) is 0 Å². The van der Waals surface area contributed by atoms with Gasteiger partial charge in [0, 0.05) is 0 Å². The maximum Gasteiger partial charge on any atom is 0.335 e. The molecular formula is C14H15NO5S. The molecule has 0 aliphatic carbocycles. The van der Waals surface area contributed by atoms with Crippen molar-refractivity contribution in [2.24, 2.45) is 0 Å². The highest BCUT2D eigenvalue weighted by molar-refractivity contribution is 7.89. The molecule has 7 heteroatoms. The third-order valence-corrected chi connectivity index (χ3v) is 4.70. The molecule has 0 spiro atoms. The normalized spacial score (nSPS) is 11.5. The minimum Gasteiger partial charge on any atom is -0.478 e. The molecule has 0 amide bonds. The molecule has 0 bridgehead atoms. The lowest BCUT2D eigenvalue weighted by atomic mass is 10.1. The van der Waals surface area contributed by atoms with E-state index >= 15 is 0 Å². The Labute approximate surface area is 122 Å². The maximum atomic E-state index is 12.3. The molecule has 0 aliphatic rings. The van der Waals surface area contributed by atoms with Gasteiger partial charge in [-0.1, -0.05) is 0 Å². The van der Waals surface area contributed by atoms with E-state index in [4.69, 9.17) is 9.52 Å². The Morgan fingerprint density at radius 3 is 2.62 bits per heavy atom. The van der Waals surface area contributed by atoms with Crippen LogP contribution in [0, 0.1) is 13.8 Å². The van der Waals surface area contributed by atoms with Crippen molar-refractivity contribution in [1.29, 1.82) is 0 Å². The Morgan fingerprint density at radius 2 is 2.05 bits per heavy atom. The molecule has 0 saturated carbocycles. The van der Waals surface area contributed by atoms with Crippen LogP contribution >= 0.6 is 0 Å². The molecular weight excluding hydrogens is 294 g/mol. The summed E-state index contributed by atoms with van der Waals surface area (Å²) in [5, 5.41) is 9.04. The van der Waals surface area contributed by atoms with E-state index in [9.17, 15) is 13.2 Å². The van der Waals surface area contributed by atoms with Crippen molar-refractivity contribution in [1.82, 2.24) is 4.72 Å². The zero-order valence-corrected chi connectivity index (χ0v) is 12.4. The van der Waals surface area contributed by atoms with Crippen molar-refractivity contribution >= 4 is 16.0 Å². The van der Waals surface area contributed by atoms with Crippen LogP contribution in [0.3, 0.4) is 0 Å². The molecule has 0 unspecified atom stereocenters. The standard InChI is InChI=1S/C14H15NO5S/c1-9-6-11(14(16)17)7-13(10(9)2)21(18,19)15-8-12-4-3-5-20-12/h3-7,15H,8H2,1-2H3,(H,16,17). The van der Waals surface area contributed by atoms with E-state index in [1.807, 2.05) is 0 Å². The first kappa shape index (κ1) is 15.3. The van der Waals surface area contributed by atoms with E-state index in [-0.39, 0.29) is 17.0 Å². The number of furan rings is 1. The Hall–Kier alpha value is -2.12. The molecule has 1 aromatic heterocycles. The van der Waals surface area contributed by atoms with Gasteiger partial charge < -0.3 is 9.52 Å². The largest absolute Gasteiger partial charge is 0.478 e. The van der Waals surface area contributed by atoms with Gasteiger partial charge in [-0.15, -0.1) is 0 Å². The predicted molar refractivity (Wildman–Crippen MR) is 75.6 cm³/mol. The fourth-order valence-electron chi connectivity index (χ4n) is 1.89. The van der Waals surface area contributed by atoms with Gasteiger partial charge in [-0.05, 0) is 49.2 Å². The topological polar surface area (TPSA) is 96.6 Å². The molecule has 21 heavy (non-hydrogen) atoms. The summed E-state index contributed by atoms with van der Waals surface area (Å²) in [6.07, 6.45) is 1.45. The minimum absolute atomic E-state index is 0.00508. The first-order valence-corrected chi connectivity index (χ1v) is 7.66. The maximum absolute atomic E-state index is 12.3. The van der Waals surface area contributed by atoms with E-state index < -0.39 is 16.0 Å². The molecule has 0 radical (unpaired) electrons. The number of aryl methyl sites for hydroxylation is 1. The van der Waals surface area contributed by atoms with Crippen molar-refractivity contribution < 1.29 is 22.7 Å². The number of rotatable bonds is 5. The van der Waals surface area contributed by atoms with E-state index in [0.717, 1.165) is 6.07 Å². The summed E-state index contributed by atoms with van der Waals surface area (Å²) in [4.78, 5) is 11.0. The molecule has 2 aromatic rings. The van der Waals surface area contributed by atoms with Crippen LogP contribution < -0.4 is 4.72 Å². The summed E-state index contributed by atoms with van der Waals surface area (Å²) in [5.74, 6) is -0.692. The van der Waals surface area contributed by atoms with Gasteiger partial charge in [-0.2, -0.15) is 0 Å². The van der Waals surface area contributed by atoms with E-state index in [2.05, 4.69) is 4.72 Å². The second kappa shape index (κ2) is 5.71. The average molecular weight is 309 g/mol. The minimum atomic E-state index is -3.82. The average Bonchev–Trinajstić information content (AvgIpc) is 2.92. The smallest absolute Gasteiger partial charge is 0.335 e. The van der Waals surface area contributed by atoms with Gasteiger partial charge in [0.2, 0.25) is 10.0 Å². The van der Waals surface area contributed by atoms with Crippen LogP contribution in [-0.4, -0.2) is 19.5 Å². The summed E-state index contributed by atoms with van der Waals surface area (Å²) in [7, 11) is -3.82. The molecule has 0 saturated heterocycles. The Balaban J connectivity index is 2.37. The number of sulfonamides is 1. The molecule has 0 aliphatic heterocycles.